The van der Waals surface area contributed by atoms with Crippen molar-refractivity contribution in [1.29, 1.82) is 0 Å². The van der Waals surface area contributed by atoms with Gasteiger partial charge in [0.05, 0.1) is 7.11 Å². The third-order valence-corrected chi connectivity index (χ3v) is 4.85. The number of carbonyl (C=O) groups excluding carboxylic acids is 2. The number of halogens is 2. The number of piperidine rings is 1. The van der Waals surface area contributed by atoms with Gasteiger partial charge < -0.3 is 15.0 Å². The first kappa shape index (κ1) is 19.7. The second kappa shape index (κ2) is 8.33. The van der Waals surface area contributed by atoms with E-state index in [1.165, 1.54) is 24.1 Å². The molecule has 0 saturated carbocycles. The van der Waals surface area contributed by atoms with Crippen molar-refractivity contribution in [3.05, 3.63) is 59.7 Å². The fourth-order valence-electron chi connectivity index (χ4n) is 3.11. The van der Waals surface area contributed by atoms with E-state index in [-0.39, 0.29) is 43.8 Å². The molecule has 8 heteroatoms. The van der Waals surface area contributed by atoms with Crippen molar-refractivity contribution in [3.8, 4) is 5.75 Å². The summed E-state index contributed by atoms with van der Waals surface area (Å²) in [4.78, 5) is 30.1. The smallest absolute Gasteiger partial charge is 0.258 e. The zero-order valence-corrected chi connectivity index (χ0v) is 15.5. The van der Waals surface area contributed by atoms with E-state index >= 15 is 4.39 Å². The van der Waals surface area contributed by atoms with Gasteiger partial charge in [0.2, 0.25) is 0 Å². The maximum absolute atomic E-state index is 15.0. The first-order valence-electron chi connectivity index (χ1n) is 8.92. The SMILES string of the molecule is COc1ccc(C(=O)N2CCC(F)(C(=O)NCc3ccncc3)CC2)cc1F. The van der Waals surface area contributed by atoms with E-state index < -0.39 is 23.3 Å². The first-order chi connectivity index (χ1) is 13.4. The van der Waals surface area contributed by atoms with Crippen LogP contribution in [0.1, 0.15) is 28.8 Å². The highest BCUT2D eigenvalue weighted by Crippen LogP contribution is 2.28. The molecule has 1 aliphatic rings. The molecule has 6 nitrogen and oxygen atoms in total. The van der Waals surface area contributed by atoms with E-state index in [0.29, 0.717) is 0 Å². The predicted molar refractivity (Wildman–Crippen MR) is 98.0 cm³/mol. The molecule has 0 bridgehead atoms. The average Bonchev–Trinajstić information content (AvgIpc) is 2.72. The molecule has 2 amide bonds. The second-order valence-electron chi connectivity index (χ2n) is 6.64. The van der Waals surface area contributed by atoms with E-state index in [2.05, 4.69) is 10.3 Å². The van der Waals surface area contributed by atoms with Crippen molar-refractivity contribution in [2.24, 2.45) is 0 Å². The molecule has 3 rings (SSSR count). The van der Waals surface area contributed by atoms with Gasteiger partial charge in [-0.15, -0.1) is 0 Å². The van der Waals surface area contributed by atoms with Crippen molar-refractivity contribution in [2.75, 3.05) is 20.2 Å². The summed E-state index contributed by atoms with van der Waals surface area (Å²) in [6.45, 7) is 0.359. The maximum Gasteiger partial charge on any atom is 0.258 e. The van der Waals surface area contributed by atoms with Crippen LogP contribution in [0.4, 0.5) is 8.78 Å². The van der Waals surface area contributed by atoms with Crippen LogP contribution in [-0.4, -0.2) is 47.6 Å². The number of nitrogens with zero attached hydrogens (tertiary/aromatic N) is 2. The minimum atomic E-state index is -2.03. The largest absolute Gasteiger partial charge is 0.494 e. The van der Waals surface area contributed by atoms with Gasteiger partial charge in [0.25, 0.3) is 11.8 Å². The van der Waals surface area contributed by atoms with E-state index in [1.54, 1.807) is 24.5 Å². The zero-order chi connectivity index (χ0) is 20.1. The maximum atomic E-state index is 15.0. The number of amides is 2. The van der Waals surface area contributed by atoms with Gasteiger partial charge in [-0.1, -0.05) is 0 Å². The summed E-state index contributed by atoms with van der Waals surface area (Å²) in [7, 11) is 1.34. The van der Waals surface area contributed by atoms with E-state index in [1.807, 2.05) is 0 Å². The Kier molecular flexibility index (Phi) is 5.87. The topological polar surface area (TPSA) is 71.5 Å². The minimum absolute atomic E-state index is 0.0452. The summed E-state index contributed by atoms with van der Waals surface area (Å²) in [6.07, 6.45) is 2.97. The highest BCUT2D eigenvalue weighted by Gasteiger charge is 2.42. The summed E-state index contributed by atoms with van der Waals surface area (Å²) in [5.74, 6) is -1.68. The molecule has 0 spiro atoms. The van der Waals surface area contributed by atoms with Gasteiger partial charge in [-0.3, -0.25) is 14.6 Å². The quantitative estimate of drug-likeness (QED) is 0.853. The highest BCUT2D eigenvalue weighted by molar-refractivity contribution is 5.95. The van der Waals surface area contributed by atoms with Crippen molar-refractivity contribution in [1.82, 2.24) is 15.2 Å². The lowest BCUT2D eigenvalue weighted by Crippen LogP contribution is -2.52. The Labute approximate surface area is 161 Å². The molecule has 0 unspecified atom stereocenters. The Morgan fingerprint density at radius 2 is 1.89 bits per heavy atom. The van der Waals surface area contributed by atoms with Crippen LogP contribution in [0.15, 0.2) is 42.7 Å². The molecule has 148 valence electrons. The lowest BCUT2D eigenvalue weighted by atomic mass is 9.92. The number of pyridine rings is 1. The van der Waals surface area contributed by atoms with E-state index in [0.717, 1.165) is 11.6 Å². The number of nitrogens with one attached hydrogen (secondary N) is 1. The van der Waals surface area contributed by atoms with E-state index in [9.17, 15) is 14.0 Å². The van der Waals surface area contributed by atoms with Gasteiger partial charge in [0.15, 0.2) is 17.2 Å². The van der Waals surface area contributed by atoms with Crippen molar-refractivity contribution in [2.45, 2.75) is 25.1 Å². The molecule has 1 saturated heterocycles. The molecule has 1 N–H and O–H groups in total. The normalized spacial score (nSPS) is 15.8. The van der Waals surface area contributed by atoms with Crippen molar-refractivity contribution in [3.63, 3.8) is 0 Å². The number of methoxy groups -OCH3 is 1. The summed E-state index contributed by atoms with van der Waals surface area (Å²) >= 11 is 0. The molecule has 0 aliphatic carbocycles. The van der Waals surface area contributed by atoms with Crippen LogP contribution in [0.25, 0.3) is 0 Å². The van der Waals surface area contributed by atoms with Gasteiger partial charge in [0.1, 0.15) is 0 Å². The van der Waals surface area contributed by atoms with Gasteiger partial charge in [-0.25, -0.2) is 8.78 Å². The van der Waals surface area contributed by atoms with Crippen molar-refractivity contribution < 1.29 is 23.1 Å². The second-order valence-corrected chi connectivity index (χ2v) is 6.64. The summed E-state index contributed by atoms with van der Waals surface area (Å²) in [5.41, 5.74) is -1.05. The van der Waals surface area contributed by atoms with Crippen LogP contribution in [0.3, 0.4) is 0 Å². The minimum Gasteiger partial charge on any atom is -0.494 e. The fourth-order valence-corrected chi connectivity index (χ4v) is 3.11. The number of aromatic nitrogens is 1. The number of alkyl halides is 1. The highest BCUT2D eigenvalue weighted by atomic mass is 19.1. The summed E-state index contributed by atoms with van der Waals surface area (Å²) < 4.78 is 33.7. The lowest BCUT2D eigenvalue weighted by Gasteiger charge is -2.35. The number of benzene rings is 1. The third kappa shape index (κ3) is 4.27. The van der Waals surface area contributed by atoms with Crippen LogP contribution in [-0.2, 0) is 11.3 Å². The van der Waals surface area contributed by atoms with E-state index in [4.69, 9.17) is 4.74 Å². The number of likely N-dealkylation sites (tertiary alicyclic amines) is 1. The van der Waals surface area contributed by atoms with Gasteiger partial charge in [-0.2, -0.15) is 0 Å². The Hall–Kier alpha value is -3.03. The molecule has 1 aromatic heterocycles. The Balaban J connectivity index is 1.57. The number of carbonyl (C=O) groups is 2. The Morgan fingerprint density at radius 3 is 2.50 bits per heavy atom. The monoisotopic (exact) mass is 389 g/mol. The standard InChI is InChI=1S/C20H21F2N3O3/c1-28-17-3-2-15(12-16(17)21)18(26)25-10-6-20(22,7-11-25)19(27)24-13-14-4-8-23-9-5-14/h2-5,8-9,12H,6-7,10-11,13H2,1H3,(H,24,27). The molecule has 1 aromatic carbocycles. The molecule has 0 radical (unpaired) electrons. The van der Waals surface area contributed by atoms with Gasteiger partial charge >= 0.3 is 0 Å². The lowest BCUT2D eigenvalue weighted by molar-refractivity contribution is -0.135. The number of hydrogen-bond donors (Lipinski definition) is 1. The fraction of sp³-hybridized carbons (Fsp3) is 0.350. The number of ether oxygens (including phenoxy) is 1. The third-order valence-electron chi connectivity index (χ3n) is 4.85. The molecule has 1 aliphatic heterocycles. The molecular formula is C20H21F2N3O3. The molecule has 0 atom stereocenters. The molecule has 2 aromatic rings. The molecule has 1 fully saturated rings. The molecular weight excluding hydrogens is 368 g/mol. The molecule has 2 heterocycles. The van der Waals surface area contributed by atoms with Crippen LogP contribution in [0, 0.1) is 5.82 Å². The zero-order valence-electron chi connectivity index (χ0n) is 15.5. The van der Waals surface area contributed by atoms with Crippen LogP contribution >= 0.6 is 0 Å². The van der Waals surface area contributed by atoms with Crippen LogP contribution in [0.2, 0.25) is 0 Å². The number of hydrogen-bond acceptors (Lipinski definition) is 4. The van der Waals surface area contributed by atoms with Crippen molar-refractivity contribution >= 4 is 11.8 Å². The first-order valence-corrected chi connectivity index (χ1v) is 8.92. The Morgan fingerprint density at radius 1 is 1.21 bits per heavy atom. The number of rotatable bonds is 5. The Bertz CT molecular complexity index is 853. The van der Waals surface area contributed by atoms with Crippen LogP contribution < -0.4 is 10.1 Å². The molecule has 28 heavy (non-hydrogen) atoms. The van der Waals surface area contributed by atoms with Crippen LogP contribution in [0.5, 0.6) is 5.75 Å². The average molecular weight is 389 g/mol. The van der Waals surface area contributed by atoms with Gasteiger partial charge in [-0.05, 0) is 35.9 Å². The van der Waals surface area contributed by atoms with Gasteiger partial charge in [0, 0.05) is 50.4 Å². The summed E-state index contributed by atoms with van der Waals surface area (Å²) in [6, 6.07) is 7.41. The predicted octanol–water partition coefficient (Wildman–Crippen LogP) is 2.49. The summed E-state index contributed by atoms with van der Waals surface area (Å²) in [5, 5.41) is 2.60.